The van der Waals surface area contributed by atoms with Gasteiger partial charge in [-0.1, -0.05) is 24.6 Å². The summed E-state index contributed by atoms with van der Waals surface area (Å²) >= 11 is 0. The van der Waals surface area contributed by atoms with Crippen LogP contribution in [0.4, 0.5) is 11.8 Å². The Kier molecular flexibility index (Phi) is 6.74. The van der Waals surface area contributed by atoms with E-state index < -0.39 is 0 Å². The number of aryl methyl sites for hydroxylation is 3. The van der Waals surface area contributed by atoms with E-state index in [1.807, 2.05) is 45.0 Å². The highest BCUT2D eigenvalue weighted by Crippen LogP contribution is 2.11. The molecule has 2 aromatic rings. The second kappa shape index (κ2) is 9.01. The first-order valence-electron chi connectivity index (χ1n) is 8.68. The Morgan fingerprint density at radius 1 is 1.00 bits per heavy atom. The third-order valence-corrected chi connectivity index (χ3v) is 3.74. The fourth-order valence-corrected chi connectivity index (χ4v) is 2.42. The number of carbonyl (C=O) groups excluding carboxylic acids is 1. The van der Waals surface area contributed by atoms with E-state index in [1.54, 1.807) is 0 Å². The van der Waals surface area contributed by atoms with Crippen molar-refractivity contribution in [1.82, 2.24) is 15.3 Å². The maximum atomic E-state index is 12.3. The van der Waals surface area contributed by atoms with Gasteiger partial charge < -0.3 is 16.0 Å². The molecule has 0 unspecified atom stereocenters. The molecule has 0 fully saturated rings. The highest BCUT2D eigenvalue weighted by Gasteiger charge is 2.08. The van der Waals surface area contributed by atoms with Gasteiger partial charge in [0.05, 0.1) is 0 Å². The van der Waals surface area contributed by atoms with Crippen LogP contribution in [0, 0.1) is 20.8 Å². The van der Waals surface area contributed by atoms with Gasteiger partial charge >= 0.3 is 0 Å². The van der Waals surface area contributed by atoms with Crippen molar-refractivity contribution in [2.24, 2.45) is 0 Å². The summed E-state index contributed by atoms with van der Waals surface area (Å²) in [6.07, 6.45) is 1.04. The molecule has 25 heavy (non-hydrogen) atoms. The lowest BCUT2D eigenvalue weighted by Crippen LogP contribution is -2.29. The van der Waals surface area contributed by atoms with Crippen molar-refractivity contribution >= 4 is 17.7 Å². The van der Waals surface area contributed by atoms with E-state index in [0.717, 1.165) is 41.2 Å². The Bertz CT molecular complexity index is 730. The normalized spacial score (nSPS) is 10.4. The topological polar surface area (TPSA) is 78.9 Å². The minimum Gasteiger partial charge on any atom is -0.370 e. The molecule has 0 spiro atoms. The fourth-order valence-electron chi connectivity index (χ4n) is 2.42. The van der Waals surface area contributed by atoms with Crippen molar-refractivity contribution in [2.45, 2.75) is 34.1 Å². The van der Waals surface area contributed by atoms with E-state index in [0.29, 0.717) is 19.0 Å². The summed E-state index contributed by atoms with van der Waals surface area (Å²) in [5.74, 6) is 1.33. The second-order valence-corrected chi connectivity index (χ2v) is 6.15. The van der Waals surface area contributed by atoms with Gasteiger partial charge in [0.25, 0.3) is 5.91 Å². The highest BCUT2D eigenvalue weighted by molar-refractivity contribution is 5.95. The SMILES string of the molecule is CCCNc1cc(C)nc(NCCNC(=O)c2cc(C)ccc2C)n1. The van der Waals surface area contributed by atoms with Crippen LogP contribution in [0.3, 0.4) is 0 Å². The van der Waals surface area contributed by atoms with Gasteiger partial charge in [-0.15, -0.1) is 0 Å². The van der Waals surface area contributed by atoms with Crippen LogP contribution in [0.15, 0.2) is 24.3 Å². The Hall–Kier alpha value is -2.63. The van der Waals surface area contributed by atoms with E-state index >= 15 is 0 Å². The largest absolute Gasteiger partial charge is 0.370 e. The van der Waals surface area contributed by atoms with Gasteiger partial charge in [-0.05, 0) is 38.8 Å². The van der Waals surface area contributed by atoms with E-state index in [1.165, 1.54) is 0 Å². The van der Waals surface area contributed by atoms with Gasteiger partial charge in [-0.2, -0.15) is 4.98 Å². The molecule has 6 heteroatoms. The lowest BCUT2D eigenvalue weighted by Gasteiger charge is -2.11. The molecule has 134 valence electrons. The van der Waals surface area contributed by atoms with E-state index in [-0.39, 0.29) is 5.91 Å². The zero-order valence-electron chi connectivity index (χ0n) is 15.4. The number of anilines is 2. The van der Waals surface area contributed by atoms with E-state index in [9.17, 15) is 4.79 Å². The highest BCUT2D eigenvalue weighted by atomic mass is 16.1. The molecule has 0 saturated carbocycles. The van der Waals surface area contributed by atoms with Crippen molar-refractivity contribution in [1.29, 1.82) is 0 Å². The maximum Gasteiger partial charge on any atom is 0.251 e. The first-order valence-corrected chi connectivity index (χ1v) is 8.68. The number of nitrogens with zero attached hydrogens (tertiary/aromatic N) is 2. The fraction of sp³-hybridized carbons (Fsp3) is 0.421. The zero-order valence-corrected chi connectivity index (χ0v) is 15.4. The molecule has 1 amide bonds. The predicted octanol–water partition coefficient (Wildman–Crippen LogP) is 3.07. The lowest BCUT2D eigenvalue weighted by atomic mass is 10.1. The molecule has 3 N–H and O–H groups in total. The van der Waals surface area contributed by atoms with Gasteiger partial charge in [0.2, 0.25) is 5.95 Å². The maximum absolute atomic E-state index is 12.3. The molecule has 1 aromatic carbocycles. The summed E-state index contributed by atoms with van der Waals surface area (Å²) in [6.45, 7) is 9.91. The first-order chi connectivity index (χ1) is 12.0. The van der Waals surface area contributed by atoms with E-state index in [4.69, 9.17) is 0 Å². The van der Waals surface area contributed by atoms with Crippen LogP contribution in [-0.4, -0.2) is 35.5 Å². The van der Waals surface area contributed by atoms with Crippen molar-refractivity contribution in [3.63, 3.8) is 0 Å². The van der Waals surface area contributed by atoms with Crippen LogP contribution in [-0.2, 0) is 0 Å². The summed E-state index contributed by atoms with van der Waals surface area (Å²) in [6, 6.07) is 7.80. The minimum absolute atomic E-state index is 0.0570. The van der Waals surface area contributed by atoms with Gasteiger partial charge in [0, 0.05) is 37.0 Å². The molecule has 1 heterocycles. The standard InChI is InChI=1S/C19H27N5O/c1-5-8-20-17-12-15(4)23-19(24-17)22-10-9-21-18(25)16-11-13(2)6-7-14(16)3/h6-7,11-12H,5,8-10H2,1-4H3,(H,21,25)(H2,20,22,23,24). The van der Waals surface area contributed by atoms with E-state index in [2.05, 4.69) is 32.8 Å². The summed E-state index contributed by atoms with van der Waals surface area (Å²) in [7, 11) is 0. The Morgan fingerprint density at radius 3 is 2.56 bits per heavy atom. The number of carbonyl (C=O) groups is 1. The molecule has 0 atom stereocenters. The molecule has 1 aromatic heterocycles. The third-order valence-electron chi connectivity index (χ3n) is 3.74. The number of hydrogen-bond acceptors (Lipinski definition) is 5. The molecule has 0 radical (unpaired) electrons. The zero-order chi connectivity index (χ0) is 18.2. The number of amides is 1. The molecule has 0 bridgehead atoms. The minimum atomic E-state index is -0.0570. The number of nitrogens with one attached hydrogen (secondary N) is 3. The number of aromatic nitrogens is 2. The van der Waals surface area contributed by atoms with Crippen molar-refractivity contribution in [2.75, 3.05) is 30.3 Å². The van der Waals surface area contributed by atoms with Crippen LogP contribution in [0.1, 0.15) is 40.5 Å². The molecule has 0 saturated heterocycles. The molecule has 2 rings (SSSR count). The predicted molar refractivity (Wildman–Crippen MR) is 102 cm³/mol. The molecule has 6 nitrogen and oxygen atoms in total. The molecule has 0 aliphatic heterocycles. The van der Waals surface area contributed by atoms with Crippen LogP contribution in [0.5, 0.6) is 0 Å². The Balaban J connectivity index is 1.85. The number of rotatable bonds is 8. The second-order valence-electron chi connectivity index (χ2n) is 6.15. The smallest absolute Gasteiger partial charge is 0.251 e. The quantitative estimate of drug-likeness (QED) is 0.643. The average molecular weight is 341 g/mol. The number of benzene rings is 1. The van der Waals surface area contributed by atoms with Gasteiger partial charge in [0.1, 0.15) is 5.82 Å². The summed E-state index contributed by atoms with van der Waals surface area (Å²) in [5.41, 5.74) is 3.67. The van der Waals surface area contributed by atoms with Gasteiger partial charge in [-0.3, -0.25) is 4.79 Å². The summed E-state index contributed by atoms with van der Waals surface area (Å²) in [5, 5.41) is 9.34. The number of hydrogen-bond donors (Lipinski definition) is 3. The molecule has 0 aliphatic rings. The summed E-state index contributed by atoms with van der Waals surface area (Å²) in [4.78, 5) is 21.1. The van der Waals surface area contributed by atoms with Crippen molar-refractivity contribution in [3.8, 4) is 0 Å². The van der Waals surface area contributed by atoms with Crippen molar-refractivity contribution in [3.05, 3.63) is 46.6 Å². The van der Waals surface area contributed by atoms with Crippen LogP contribution >= 0.6 is 0 Å². The molecule has 0 aliphatic carbocycles. The lowest BCUT2D eigenvalue weighted by molar-refractivity contribution is 0.0954. The molecular formula is C19H27N5O. The average Bonchev–Trinajstić information content (AvgIpc) is 2.58. The van der Waals surface area contributed by atoms with Gasteiger partial charge in [-0.25, -0.2) is 4.98 Å². The molecular weight excluding hydrogens is 314 g/mol. The van der Waals surface area contributed by atoms with Crippen LogP contribution in [0.25, 0.3) is 0 Å². The van der Waals surface area contributed by atoms with Gasteiger partial charge in [0.15, 0.2) is 0 Å². The Morgan fingerprint density at radius 2 is 1.80 bits per heavy atom. The first kappa shape index (κ1) is 18.7. The Labute approximate surface area is 149 Å². The van der Waals surface area contributed by atoms with Crippen LogP contribution in [0.2, 0.25) is 0 Å². The third kappa shape index (κ3) is 5.74. The monoisotopic (exact) mass is 341 g/mol. The summed E-state index contributed by atoms with van der Waals surface area (Å²) < 4.78 is 0. The van der Waals surface area contributed by atoms with Crippen LogP contribution < -0.4 is 16.0 Å². The van der Waals surface area contributed by atoms with Crippen molar-refractivity contribution < 1.29 is 4.79 Å².